The van der Waals surface area contributed by atoms with E-state index in [0.29, 0.717) is 13.0 Å². The molecule has 0 spiro atoms. The first-order chi connectivity index (χ1) is 8.99. The fraction of sp³-hybridized carbons (Fsp3) is 0.533. The number of methoxy groups -OCH3 is 1. The van der Waals surface area contributed by atoms with Gasteiger partial charge in [-0.3, -0.25) is 4.79 Å². The lowest BCUT2D eigenvalue weighted by atomic mass is 9.89. The number of hydrogen-bond donors (Lipinski definition) is 0. The standard InChI is InChI=1S/C15H21FO3/c1-5-19-14-7-6-11(9-13(14)16)8-12(10(2)3)15(17)18-4/h6-7,9-10,12H,5,8H2,1-4H3. The molecule has 0 bridgehead atoms. The van der Waals surface area contributed by atoms with E-state index in [1.54, 1.807) is 19.1 Å². The Kier molecular flexibility index (Phi) is 5.80. The molecule has 0 aliphatic carbocycles. The second-order valence-corrected chi connectivity index (χ2v) is 4.78. The second-order valence-electron chi connectivity index (χ2n) is 4.78. The summed E-state index contributed by atoms with van der Waals surface area (Å²) in [5, 5.41) is 0. The van der Waals surface area contributed by atoms with Crippen LogP contribution in [0.5, 0.6) is 5.75 Å². The van der Waals surface area contributed by atoms with Gasteiger partial charge in [-0.1, -0.05) is 19.9 Å². The van der Waals surface area contributed by atoms with Crippen LogP contribution in [-0.4, -0.2) is 19.7 Å². The molecule has 0 saturated heterocycles. The van der Waals surface area contributed by atoms with Crippen molar-refractivity contribution in [3.8, 4) is 5.75 Å². The van der Waals surface area contributed by atoms with E-state index in [0.717, 1.165) is 5.56 Å². The van der Waals surface area contributed by atoms with E-state index in [1.807, 2.05) is 13.8 Å². The molecule has 1 unspecified atom stereocenters. The highest BCUT2D eigenvalue weighted by Gasteiger charge is 2.23. The summed E-state index contributed by atoms with van der Waals surface area (Å²) in [4.78, 5) is 11.7. The SMILES string of the molecule is CCOc1ccc(CC(C(=O)OC)C(C)C)cc1F. The molecular formula is C15H21FO3. The van der Waals surface area contributed by atoms with Crippen LogP contribution in [0.15, 0.2) is 18.2 Å². The Balaban J connectivity index is 2.85. The van der Waals surface area contributed by atoms with Crippen molar-refractivity contribution < 1.29 is 18.7 Å². The number of hydrogen-bond acceptors (Lipinski definition) is 3. The number of esters is 1. The van der Waals surface area contributed by atoms with Crippen molar-refractivity contribution in [3.63, 3.8) is 0 Å². The monoisotopic (exact) mass is 268 g/mol. The molecule has 19 heavy (non-hydrogen) atoms. The van der Waals surface area contributed by atoms with Crippen molar-refractivity contribution in [3.05, 3.63) is 29.6 Å². The first kappa shape index (κ1) is 15.5. The molecule has 4 heteroatoms. The van der Waals surface area contributed by atoms with Crippen LogP contribution in [0.1, 0.15) is 26.3 Å². The fourth-order valence-electron chi connectivity index (χ4n) is 1.94. The van der Waals surface area contributed by atoms with Gasteiger partial charge in [0, 0.05) is 0 Å². The molecule has 0 aliphatic rings. The largest absolute Gasteiger partial charge is 0.491 e. The molecular weight excluding hydrogens is 247 g/mol. The topological polar surface area (TPSA) is 35.5 Å². The summed E-state index contributed by atoms with van der Waals surface area (Å²) in [6, 6.07) is 4.80. The maximum atomic E-state index is 13.7. The molecule has 106 valence electrons. The number of carbonyl (C=O) groups is 1. The summed E-state index contributed by atoms with van der Waals surface area (Å²) >= 11 is 0. The van der Waals surface area contributed by atoms with Crippen molar-refractivity contribution in [1.29, 1.82) is 0 Å². The lowest BCUT2D eigenvalue weighted by molar-refractivity contribution is -0.146. The minimum atomic E-state index is -0.397. The normalized spacial score (nSPS) is 12.3. The molecule has 1 rings (SSSR count). The number of rotatable bonds is 6. The van der Waals surface area contributed by atoms with Gasteiger partial charge in [0.1, 0.15) is 0 Å². The van der Waals surface area contributed by atoms with Gasteiger partial charge in [-0.15, -0.1) is 0 Å². The zero-order valence-corrected chi connectivity index (χ0v) is 11.9. The highest BCUT2D eigenvalue weighted by Crippen LogP contribution is 2.23. The maximum absolute atomic E-state index is 13.7. The summed E-state index contributed by atoms with van der Waals surface area (Å²) in [6.07, 6.45) is 0.466. The van der Waals surface area contributed by atoms with Gasteiger partial charge in [-0.2, -0.15) is 0 Å². The van der Waals surface area contributed by atoms with Crippen LogP contribution in [0.3, 0.4) is 0 Å². The predicted molar refractivity (Wildman–Crippen MR) is 71.6 cm³/mol. The van der Waals surface area contributed by atoms with E-state index in [1.165, 1.54) is 13.2 Å². The molecule has 0 N–H and O–H groups in total. The third-order valence-electron chi connectivity index (χ3n) is 3.06. The van der Waals surface area contributed by atoms with Gasteiger partial charge >= 0.3 is 5.97 Å². The second kappa shape index (κ2) is 7.12. The summed E-state index contributed by atoms with van der Waals surface area (Å²) in [7, 11) is 1.37. The Labute approximate surface area is 113 Å². The van der Waals surface area contributed by atoms with Gasteiger partial charge in [0.15, 0.2) is 11.6 Å². The maximum Gasteiger partial charge on any atom is 0.309 e. The molecule has 0 aliphatic heterocycles. The Morgan fingerprint density at radius 2 is 2.05 bits per heavy atom. The number of halogens is 1. The van der Waals surface area contributed by atoms with Crippen LogP contribution < -0.4 is 4.74 Å². The van der Waals surface area contributed by atoms with E-state index in [9.17, 15) is 9.18 Å². The summed E-state index contributed by atoms with van der Waals surface area (Å²) in [5.41, 5.74) is 0.769. The van der Waals surface area contributed by atoms with Crippen LogP contribution in [0.2, 0.25) is 0 Å². The van der Waals surface area contributed by atoms with Crippen molar-refractivity contribution in [1.82, 2.24) is 0 Å². The minimum Gasteiger partial charge on any atom is -0.491 e. The minimum absolute atomic E-state index is 0.141. The van der Waals surface area contributed by atoms with Gasteiger partial charge in [0.25, 0.3) is 0 Å². The average molecular weight is 268 g/mol. The Morgan fingerprint density at radius 3 is 2.53 bits per heavy atom. The van der Waals surface area contributed by atoms with Gasteiger partial charge in [0.05, 0.1) is 19.6 Å². The number of carbonyl (C=O) groups excluding carboxylic acids is 1. The molecule has 0 radical (unpaired) electrons. The van der Waals surface area contributed by atoms with Gasteiger partial charge in [0.2, 0.25) is 0 Å². The van der Waals surface area contributed by atoms with Crippen LogP contribution >= 0.6 is 0 Å². The van der Waals surface area contributed by atoms with E-state index < -0.39 is 5.82 Å². The highest BCUT2D eigenvalue weighted by atomic mass is 19.1. The summed E-state index contributed by atoms with van der Waals surface area (Å²) in [6.45, 7) is 6.13. The molecule has 0 aromatic heterocycles. The fourth-order valence-corrected chi connectivity index (χ4v) is 1.94. The Hall–Kier alpha value is -1.58. The molecule has 0 saturated carbocycles. The van der Waals surface area contributed by atoms with E-state index in [4.69, 9.17) is 9.47 Å². The molecule has 0 fully saturated rings. The number of benzene rings is 1. The van der Waals surface area contributed by atoms with Crippen molar-refractivity contribution in [2.75, 3.05) is 13.7 Å². The van der Waals surface area contributed by atoms with Crippen LogP contribution in [0, 0.1) is 17.7 Å². The van der Waals surface area contributed by atoms with Crippen molar-refractivity contribution >= 4 is 5.97 Å². The zero-order valence-electron chi connectivity index (χ0n) is 11.9. The smallest absolute Gasteiger partial charge is 0.309 e. The third-order valence-corrected chi connectivity index (χ3v) is 3.06. The average Bonchev–Trinajstić information content (AvgIpc) is 2.38. The molecule has 0 amide bonds. The first-order valence-electron chi connectivity index (χ1n) is 6.48. The molecule has 0 heterocycles. The lowest BCUT2D eigenvalue weighted by Gasteiger charge is -2.18. The van der Waals surface area contributed by atoms with Crippen LogP contribution in [0.4, 0.5) is 4.39 Å². The third kappa shape index (κ3) is 4.23. The quantitative estimate of drug-likeness (QED) is 0.743. The summed E-state index contributed by atoms with van der Waals surface area (Å²) < 4.78 is 23.7. The number of ether oxygens (including phenoxy) is 2. The van der Waals surface area contributed by atoms with E-state index >= 15 is 0 Å². The van der Waals surface area contributed by atoms with Crippen molar-refractivity contribution in [2.24, 2.45) is 11.8 Å². The van der Waals surface area contributed by atoms with Gasteiger partial charge in [-0.25, -0.2) is 4.39 Å². The van der Waals surface area contributed by atoms with E-state index in [-0.39, 0.29) is 23.6 Å². The van der Waals surface area contributed by atoms with Crippen LogP contribution in [-0.2, 0) is 16.0 Å². The van der Waals surface area contributed by atoms with E-state index in [2.05, 4.69) is 0 Å². The Morgan fingerprint density at radius 1 is 1.37 bits per heavy atom. The first-order valence-corrected chi connectivity index (χ1v) is 6.48. The molecule has 1 atom stereocenters. The van der Waals surface area contributed by atoms with Crippen LogP contribution in [0.25, 0.3) is 0 Å². The molecule has 3 nitrogen and oxygen atoms in total. The zero-order chi connectivity index (χ0) is 14.4. The molecule has 1 aromatic rings. The summed E-state index contributed by atoms with van der Waals surface area (Å²) in [5.74, 6) is -0.536. The van der Waals surface area contributed by atoms with Crippen molar-refractivity contribution in [2.45, 2.75) is 27.2 Å². The van der Waals surface area contributed by atoms with Gasteiger partial charge < -0.3 is 9.47 Å². The van der Waals surface area contributed by atoms with Gasteiger partial charge in [-0.05, 0) is 37.0 Å². The lowest BCUT2D eigenvalue weighted by Crippen LogP contribution is -2.24. The molecule has 1 aromatic carbocycles. The predicted octanol–water partition coefficient (Wildman–Crippen LogP) is 3.21. The Bertz CT molecular complexity index is 429. The highest BCUT2D eigenvalue weighted by molar-refractivity contribution is 5.73.